The summed E-state index contributed by atoms with van der Waals surface area (Å²) in [7, 11) is -1.73. The molecule has 0 unspecified atom stereocenters. The topological polar surface area (TPSA) is 95.6 Å². The summed E-state index contributed by atoms with van der Waals surface area (Å²) in [6, 6.07) is 13.9. The smallest absolute Gasteiger partial charge is 0.243 e. The Hall–Kier alpha value is -3.00. The van der Waals surface area contributed by atoms with E-state index < -0.39 is 28.7 Å². The van der Waals surface area contributed by atoms with Gasteiger partial charge in [0, 0.05) is 28.2 Å². The summed E-state index contributed by atoms with van der Waals surface area (Å²) in [5.74, 6) is -1.76. The molecule has 3 amide bonds. The molecular weight excluding hydrogens is 462 g/mol. The van der Waals surface area contributed by atoms with Crippen molar-refractivity contribution in [2.45, 2.75) is 65.0 Å². The van der Waals surface area contributed by atoms with Crippen LogP contribution in [0.4, 0.5) is 11.4 Å². The minimum atomic E-state index is -1.73. The molecule has 0 bridgehead atoms. The lowest BCUT2D eigenvalue weighted by atomic mass is 9.95. The van der Waals surface area contributed by atoms with Crippen LogP contribution in [0.5, 0.6) is 0 Å². The van der Waals surface area contributed by atoms with E-state index in [9.17, 15) is 18.6 Å². The second kappa shape index (κ2) is 12.6. The van der Waals surface area contributed by atoms with Crippen molar-refractivity contribution >= 4 is 39.9 Å². The maximum absolute atomic E-state index is 13.3. The Morgan fingerprint density at radius 2 is 1.49 bits per heavy atom. The van der Waals surface area contributed by atoms with Crippen LogP contribution in [0.25, 0.3) is 0 Å². The maximum atomic E-state index is 13.3. The average molecular weight is 498 g/mol. The molecule has 0 aromatic heterocycles. The van der Waals surface area contributed by atoms with Crippen LogP contribution in [0.3, 0.4) is 0 Å². The van der Waals surface area contributed by atoms with Gasteiger partial charge in [-0.3, -0.25) is 23.5 Å². The zero-order chi connectivity index (χ0) is 25.4. The normalized spacial score (nSPS) is 15.6. The van der Waals surface area contributed by atoms with Gasteiger partial charge in [0.25, 0.3) is 0 Å². The standard InChI is InChI=1S/C27H35N3O4S/c1-19-9-13-23(14-10-19)28-25(31)17-35(34)18-26(32)30(24-15-11-20(2)12-16-24)21(3)27(33)29-22-7-5-4-6-8-22/h9-16,21-22H,4-8,17-18H2,1-3H3,(H,28,31)(H,29,33)/t21-,35-/m1/s1. The summed E-state index contributed by atoms with van der Waals surface area (Å²) in [5.41, 5.74) is 3.26. The molecule has 2 atom stereocenters. The number of nitrogens with one attached hydrogen (secondary N) is 2. The van der Waals surface area contributed by atoms with E-state index in [1.165, 1.54) is 11.3 Å². The largest absolute Gasteiger partial charge is 0.352 e. The summed E-state index contributed by atoms with van der Waals surface area (Å²) in [5, 5.41) is 5.78. The van der Waals surface area contributed by atoms with Gasteiger partial charge in [0.2, 0.25) is 17.7 Å². The van der Waals surface area contributed by atoms with Crippen LogP contribution < -0.4 is 15.5 Å². The van der Waals surface area contributed by atoms with Gasteiger partial charge in [0.1, 0.15) is 17.5 Å². The van der Waals surface area contributed by atoms with Gasteiger partial charge in [-0.15, -0.1) is 0 Å². The van der Waals surface area contributed by atoms with Gasteiger partial charge >= 0.3 is 0 Å². The summed E-state index contributed by atoms with van der Waals surface area (Å²) >= 11 is 0. The number of benzene rings is 2. The molecule has 0 saturated heterocycles. The van der Waals surface area contributed by atoms with E-state index in [4.69, 9.17) is 0 Å². The molecule has 2 N–H and O–H groups in total. The predicted octanol–water partition coefficient (Wildman–Crippen LogP) is 3.86. The number of hydrogen-bond acceptors (Lipinski definition) is 4. The quantitative estimate of drug-likeness (QED) is 0.550. The first-order valence-corrected chi connectivity index (χ1v) is 13.6. The lowest BCUT2D eigenvalue weighted by molar-refractivity contribution is -0.126. The van der Waals surface area contributed by atoms with E-state index in [2.05, 4.69) is 10.6 Å². The molecule has 188 valence electrons. The third-order valence-electron chi connectivity index (χ3n) is 6.21. The third-order valence-corrected chi connectivity index (χ3v) is 7.36. The highest BCUT2D eigenvalue weighted by atomic mass is 32.2. The fraction of sp³-hybridized carbons (Fsp3) is 0.444. The molecule has 35 heavy (non-hydrogen) atoms. The molecule has 8 heteroatoms. The number of carbonyl (C=O) groups is 3. The summed E-state index contributed by atoms with van der Waals surface area (Å²) in [4.78, 5) is 40.1. The monoisotopic (exact) mass is 497 g/mol. The minimum Gasteiger partial charge on any atom is -0.352 e. The zero-order valence-corrected chi connectivity index (χ0v) is 21.5. The number of nitrogens with zero attached hydrogens (tertiary/aromatic N) is 1. The Morgan fingerprint density at radius 1 is 0.914 bits per heavy atom. The average Bonchev–Trinajstić information content (AvgIpc) is 2.82. The van der Waals surface area contributed by atoms with Crippen LogP contribution in [0.15, 0.2) is 48.5 Å². The molecule has 2 aromatic carbocycles. The van der Waals surface area contributed by atoms with Crippen molar-refractivity contribution in [3.05, 3.63) is 59.7 Å². The van der Waals surface area contributed by atoms with Crippen LogP contribution in [0.1, 0.15) is 50.2 Å². The molecule has 0 aliphatic heterocycles. The van der Waals surface area contributed by atoms with Gasteiger partial charge in [-0.1, -0.05) is 54.7 Å². The van der Waals surface area contributed by atoms with Gasteiger partial charge in [0.05, 0.1) is 0 Å². The van der Waals surface area contributed by atoms with E-state index in [1.807, 2.05) is 38.1 Å². The lowest BCUT2D eigenvalue weighted by Crippen LogP contribution is -2.52. The number of rotatable bonds is 9. The van der Waals surface area contributed by atoms with Crippen LogP contribution >= 0.6 is 0 Å². The number of carbonyl (C=O) groups excluding carboxylic acids is 3. The Balaban J connectivity index is 1.66. The molecular formula is C27H35N3O4S. The maximum Gasteiger partial charge on any atom is 0.243 e. The van der Waals surface area contributed by atoms with Gasteiger partial charge in [-0.05, 0) is 57.9 Å². The fourth-order valence-electron chi connectivity index (χ4n) is 4.21. The van der Waals surface area contributed by atoms with Crippen LogP contribution in [0, 0.1) is 13.8 Å². The van der Waals surface area contributed by atoms with Crippen LogP contribution in [-0.2, 0) is 25.2 Å². The Bertz CT molecular complexity index is 1050. The van der Waals surface area contributed by atoms with Crippen molar-refractivity contribution < 1.29 is 18.6 Å². The van der Waals surface area contributed by atoms with Crippen molar-refractivity contribution in [3.63, 3.8) is 0 Å². The van der Waals surface area contributed by atoms with Crippen molar-refractivity contribution in [2.24, 2.45) is 0 Å². The van der Waals surface area contributed by atoms with Crippen LogP contribution in [-0.4, -0.2) is 45.5 Å². The van der Waals surface area contributed by atoms with E-state index in [0.29, 0.717) is 11.4 Å². The van der Waals surface area contributed by atoms with E-state index >= 15 is 0 Å². The zero-order valence-electron chi connectivity index (χ0n) is 20.7. The molecule has 1 aliphatic rings. The molecule has 2 aromatic rings. The lowest BCUT2D eigenvalue weighted by Gasteiger charge is -2.31. The first-order valence-electron chi connectivity index (χ1n) is 12.1. The second-order valence-corrected chi connectivity index (χ2v) is 10.7. The minimum absolute atomic E-state index is 0.119. The van der Waals surface area contributed by atoms with Crippen molar-refractivity contribution in [3.8, 4) is 0 Å². The Kier molecular flexibility index (Phi) is 9.60. The van der Waals surface area contributed by atoms with Gasteiger partial charge in [-0.25, -0.2) is 0 Å². The van der Waals surface area contributed by atoms with Crippen molar-refractivity contribution in [2.75, 3.05) is 21.7 Å². The molecule has 0 spiro atoms. The molecule has 1 fully saturated rings. The first kappa shape index (κ1) is 26.6. The number of amides is 3. The van der Waals surface area contributed by atoms with Crippen molar-refractivity contribution in [1.29, 1.82) is 0 Å². The molecule has 0 radical (unpaired) electrons. The molecule has 1 aliphatic carbocycles. The number of aryl methyl sites for hydroxylation is 2. The molecule has 1 saturated carbocycles. The van der Waals surface area contributed by atoms with E-state index in [1.54, 1.807) is 31.2 Å². The second-order valence-electron chi connectivity index (χ2n) is 9.26. The fourth-order valence-corrected chi connectivity index (χ4v) is 5.09. The van der Waals surface area contributed by atoms with Crippen LogP contribution in [0.2, 0.25) is 0 Å². The molecule has 7 nitrogen and oxygen atoms in total. The van der Waals surface area contributed by atoms with Gasteiger partial charge in [0.15, 0.2) is 0 Å². The number of anilines is 2. The van der Waals surface area contributed by atoms with Gasteiger partial charge < -0.3 is 10.6 Å². The Morgan fingerprint density at radius 3 is 2.09 bits per heavy atom. The first-order chi connectivity index (χ1) is 16.7. The third kappa shape index (κ3) is 8.02. The van der Waals surface area contributed by atoms with Gasteiger partial charge in [-0.2, -0.15) is 0 Å². The Labute approximate surface area is 210 Å². The molecule has 3 rings (SSSR count). The summed E-state index contributed by atoms with van der Waals surface area (Å²) in [6.07, 6.45) is 5.24. The SMILES string of the molecule is Cc1ccc(NC(=O)C[S@@](=O)CC(=O)N(c2ccc(C)cc2)[C@H](C)C(=O)NC2CCCCC2)cc1. The number of hydrogen-bond donors (Lipinski definition) is 2. The van der Waals surface area contributed by atoms with Crippen molar-refractivity contribution in [1.82, 2.24) is 5.32 Å². The highest BCUT2D eigenvalue weighted by molar-refractivity contribution is 7.86. The predicted molar refractivity (Wildman–Crippen MR) is 141 cm³/mol. The summed E-state index contributed by atoms with van der Waals surface area (Å²) in [6.45, 7) is 5.57. The highest BCUT2D eigenvalue weighted by Gasteiger charge is 2.30. The van der Waals surface area contributed by atoms with E-state index in [-0.39, 0.29) is 23.5 Å². The summed E-state index contributed by atoms with van der Waals surface area (Å²) < 4.78 is 12.7. The highest BCUT2D eigenvalue weighted by Crippen LogP contribution is 2.21. The molecule has 0 heterocycles. The van der Waals surface area contributed by atoms with E-state index in [0.717, 1.165) is 36.8 Å².